The standard InChI is InChI=1S/C15H26O/c1-3-12-8-4-5-9-14(12)15(16)13-10-6-7-11(13)2/h11-14H,3-10H2,1-2H3. The van der Waals surface area contributed by atoms with Gasteiger partial charge in [0.25, 0.3) is 0 Å². The molecule has 92 valence electrons. The van der Waals surface area contributed by atoms with Crippen LogP contribution in [-0.4, -0.2) is 5.78 Å². The molecule has 0 aromatic heterocycles. The second kappa shape index (κ2) is 5.33. The number of ketones is 1. The maximum Gasteiger partial charge on any atom is 0.139 e. The van der Waals surface area contributed by atoms with Gasteiger partial charge in [0, 0.05) is 11.8 Å². The average Bonchev–Trinajstić information content (AvgIpc) is 2.74. The van der Waals surface area contributed by atoms with E-state index in [4.69, 9.17) is 0 Å². The quantitative estimate of drug-likeness (QED) is 0.699. The molecule has 0 saturated heterocycles. The van der Waals surface area contributed by atoms with Gasteiger partial charge >= 0.3 is 0 Å². The molecule has 0 N–H and O–H groups in total. The Morgan fingerprint density at radius 2 is 1.69 bits per heavy atom. The lowest BCUT2D eigenvalue weighted by Crippen LogP contribution is -2.32. The van der Waals surface area contributed by atoms with Gasteiger partial charge in [-0.25, -0.2) is 0 Å². The van der Waals surface area contributed by atoms with E-state index in [9.17, 15) is 4.79 Å². The first-order valence-electron chi connectivity index (χ1n) is 7.27. The summed E-state index contributed by atoms with van der Waals surface area (Å²) in [4.78, 5) is 12.6. The molecule has 2 aliphatic carbocycles. The summed E-state index contributed by atoms with van der Waals surface area (Å²) in [7, 11) is 0. The molecule has 0 amide bonds. The highest BCUT2D eigenvalue weighted by molar-refractivity contribution is 5.84. The second-order valence-corrected chi connectivity index (χ2v) is 5.98. The Hall–Kier alpha value is -0.330. The molecule has 2 rings (SSSR count). The van der Waals surface area contributed by atoms with Crippen molar-refractivity contribution in [1.82, 2.24) is 0 Å². The van der Waals surface area contributed by atoms with Crippen LogP contribution in [0.2, 0.25) is 0 Å². The summed E-state index contributed by atoms with van der Waals surface area (Å²) in [5, 5.41) is 0. The average molecular weight is 222 g/mol. The van der Waals surface area contributed by atoms with Crippen molar-refractivity contribution in [1.29, 1.82) is 0 Å². The smallest absolute Gasteiger partial charge is 0.139 e. The zero-order valence-corrected chi connectivity index (χ0v) is 10.9. The number of hydrogen-bond donors (Lipinski definition) is 0. The van der Waals surface area contributed by atoms with Gasteiger partial charge in [-0.15, -0.1) is 0 Å². The Morgan fingerprint density at radius 3 is 2.31 bits per heavy atom. The van der Waals surface area contributed by atoms with E-state index in [1.54, 1.807) is 0 Å². The van der Waals surface area contributed by atoms with E-state index in [2.05, 4.69) is 13.8 Å². The zero-order chi connectivity index (χ0) is 11.5. The van der Waals surface area contributed by atoms with Crippen LogP contribution in [0.5, 0.6) is 0 Å². The van der Waals surface area contributed by atoms with Crippen molar-refractivity contribution in [2.45, 2.75) is 65.2 Å². The number of Topliss-reactive ketones (excluding diaryl/α,β-unsaturated/α-hetero) is 1. The molecule has 2 aliphatic rings. The van der Waals surface area contributed by atoms with E-state index in [0.29, 0.717) is 29.5 Å². The molecule has 0 radical (unpaired) electrons. The lowest BCUT2D eigenvalue weighted by atomic mass is 9.71. The molecule has 1 heteroatoms. The van der Waals surface area contributed by atoms with Crippen LogP contribution in [0.4, 0.5) is 0 Å². The first-order chi connectivity index (χ1) is 7.74. The van der Waals surface area contributed by atoms with Crippen LogP contribution in [0.3, 0.4) is 0 Å². The van der Waals surface area contributed by atoms with E-state index in [-0.39, 0.29) is 0 Å². The maximum absolute atomic E-state index is 12.6. The van der Waals surface area contributed by atoms with Gasteiger partial charge in [-0.05, 0) is 37.5 Å². The van der Waals surface area contributed by atoms with E-state index < -0.39 is 0 Å². The van der Waals surface area contributed by atoms with Gasteiger partial charge in [-0.1, -0.05) is 39.5 Å². The van der Waals surface area contributed by atoms with Crippen molar-refractivity contribution in [3.63, 3.8) is 0 Å². The fourth-order valence-corrected chi connectivity index (χ4v) is 3.91. The Morgan fingerprint density at radius 1 is 1.00 bits per heavy atom. The lowest BCUT2D eigenvalue weighted by Gasteiger charge is -2.32. The summed E-state index contributed by atoms with van der Waals surface area (Å²) in [6.07, 6.45) is 10.1. The third-order valence-corrected chi connectivity index (χ3v) is 5.03. The molecule has 0 spiro atoms. The van der Waals surface area contributed by atoms with Gasteiger partial charge in [-0.3, -0.25) is 4.79 Å². The first-order valence-corrected chi connectivity index (χ1v) is 7.27. The molecular weight excluding hydrogens is 196 g/mol. The van der Waals surface area contributed by atoms with Crippen molar-refractivity contribution in [3.8, 4) is 0 Å². The lowest BCUT2D eigenvalue weighted by molar-refractivity contribution is -0.130. The summed E-state index contributed by atoms with van der Waals surface area (Å²) in [5.41, 5.74) is 0. The van der Waals surface area contributed by atoms with Gasteiger partial charge < -0.3 is 0 Å². The van der Waals surface area contributed by atoms with Crippen LogP contribution >= 0.6 is 0 Å². The zero-order valence-electron chi connectivity index (χ0n) is 10.9. The molecule has 2 fully saturated rings. The van der Waals surface area contributed by atoms with E-state index >= 15 is 0 Å². The summed E-state index contributed by atoms with van der Waals surface area (Å²) in [5.74, 6) is 2.83. The Bertz CT molecular complexity index is 246. The number of carbonyl (C=O) groups excluding carboxylic acids is 1. The maximum atomic E-state index is 12.6. The van der Waals surface area contributed by atoms with Crippen LogP contribution < -0.4 is 0 Å². The highest BCUT2D eigenvalue weighted by Crippen LogP contribution is 2.40. The minimum atomic E-state index is 0.414. The Labute approximate surface area is 100.0 Å². The fraction of sp³-hybridized carbons (Fsp3) is 0.933. The molecule has 16 heavy (non-hydrogen) atoms. The van der Waals surface area contributed by atoms with Crippen LogP contribution in [0.15, 0.2) is 0 Å². The predicted octanol–water partition coefficient (Wildman–Crippen LogP) is 4.21. The fourth-order valence-electron chi connectivity index (χ4n) is 3.91. The highest BCUT2D eigenvalue weighted by atomic mass is 16.1. The van der Waals surface area contributed by atoms with Crippen molar-refractivity contribution in [3.05, 3.63) is 0 Å². The monoisotopic (exact) mass is 222 g/mol. The van der Waals surface area contributed by atoms with Crippen LogP contribution in [0.1, 0.15) is 65.2 Å². The molecule has 2 saturated carbocycles. The van der Waals surface area contributed by atoms with Gasteiger partial charge in [0.1, 0.15) is 5.78 Å². The molecule has 4 atom stereocenters. The molecular formula is C15H26O. The van der Waals surface area contributed by atoms with Gasteiger partial charge in [0.2, 0.25) is 0 Å². The van der Waals surface area contributed by atoms with Gasteiger partial charge in [0.15, 0.2) is 0 Å². The Balaban J connectivity index is 2.01. The molecule has 0 aromatic carbocycles. The topological polar surface area (TPSA) is 17.1 Å². The minimum absolute atomic E-state index is 0.414. The molecule has 0 aliphatic heterocycles. The normalized spacial score (nSPS) is 39.9. The van der Waals surface area contributed by atoms with E-state index in [1.807, 2.05) is 0 Å². The van der Waals surface area contributed by atoms with Crippen molar-refractivity contribution < 1.29 is 4.79 Å². The molecule has 1 nitrogen and oxygen atoms in total. The summed E-state index contributed by atoms with van der Waals surface area (Å²) < 4.78 is 0. The molecule has 0 heterocycles. The van der Waals surface area contributed by atoms with Gasteiger partial charge in [-0.2, -0.15) is 0 Å². The number of carbonyl (C=O) groups is 1. The van der Waals surface area contributed by atoms with E-state index in [0.717, 1.165) is 0 Å². The summed E-state index contributed by atoms with van der Waals surface area (Å²) in [6, 6.07) is 0. The highest BCUT2D eigenvalue weighted by Gasteiger charge is 2.37. The summed E-state index contributed by atoms with van der Waals surface area (Å²) >= 11 is 0. The largest absolute Gasteiger partial charge is 0.299 e. The molecule has 4 unspecified atom stereocenters. The Kier molecular flexibility index (Phi) is 4.05. The van der Waals surface area contributed by atoms with Crippen LogP contribution in [0.25, 0.3) is 0 Å². The summed E-state index contributed by atoms with van der Waals surface area (Å²) in [6.45, 7) is 4.54. The van der Waals surface area contributed by atoms with Crippen molar-refractivity contribution in [2.24, 2.45) is 23.7 Å². The first kappa shape index (κ1) is 12.1. The van der Waals surface area contributed by atoms with Crippen molar-refractivity contribution >= 4 is 5.78 Å². The minimum Gasteiger partial charge on any atom is -0.299 e. The van der Waals surface area contributed by atoms with Crippen LogP contribution in [-0.2, 0) is 4.79 Å². The third-order valence-electron chi connectivity index (χ3n) is 5.03. The molecule has 0 aromatic rings. The van der Waals surface area contributed by atoms with Crippen molar-refractivity contribution in [2.75, 3.05) is 0 Å². The number of hydrogen-bond acceptors (Lipinski definition) is 1. The van der Waals surface area contributed by atoms with E-state index in [1.165, 1.54) is 51.4 Å². The predicted molar refractivity (Wildman–Crippen MR) is 67.3 cm³/mol. The molecule has 0 bridgehead atoms. The number of rotatable bonds is 3. The van der Waals surface area contributed by atoms with Gasteiger partial charge in [0.05, 0.1) is 0 Å². The van der Waals surface area contributed by atoms with Crippen LogP contribution in [0, 0.1) is 23.7 Å². The third kappa shape index (κ3) is 2.33. The SMILES string of the molecule is CCC1CCCCC1C(=O)C1CCCC1C. The second-order valence-electron chi connectivity index (χ2n) is 5.98.